The van der Waals surface area contributed by atoms with Crippen LogP contribution in [0.15, 0.2) is 18.2 Å². The first-order valence-corrected chi connectivity index (χ1v) is 7.33. The molecule has 1 aliphatic heterocycles. The van der Waals surface area contributed by atoms with Crippen molar-refractivity contribution >= 4 is 5.91 Å². The minimum Gasteiger partial charge on any atom is -0.393 e. The van der Waals surface area contributed by atoms with Crippen molar-refractivity contribution in [2.75, 3.05) is 19.7 Å². The third-order valence-electron chi connectivity index (χ3n) is 4.50. The summed E-state index contributed by atoms with van der Waals surface area (Å²) in [5.41, 5.74) is 1.51. The minimum atomic E-state index is -1.62. The number of carbonyl (C=O) groups excluding carboxylic acids is 1. The fourth-order valence-electron chi connectivity index (χ4n) is 3.29. The zero-order valence-electron chi connectivity index (χ0n) is 11.6. The average Bonchev–Trinajstić information content (AvgIpc) is 2.89. The summed E-state index contributed by atoms with van der Waals surface area (Å²) >= 11 is 0. The molecule has 1 amide bonds. The maximum atomic E-state index is 14.1. The number of rotatable bonds is 2. The number of carbonyl (C=O) groups is 1. The lowest BCUT2D eigenvalue weighted by atomic mass is 9.88. The summed E-state index contributed by atoms with van der Waals surface area (Å²) in [6, 6.07) is 5.86. The number of alkyl halides is 1. The van der Waals surface area contributed by atoms with Gasteiger partial charge in [0, 0.05) is 18.5 Å². The molecule has 0 bridgehead atoms. The third-order valence-corrected chi connectivity index (χ3v) is 4.50. The molecule has 1 aromatic rings. The molecule has 0 radical (unpaired) electrons. The van der Waals surface area contributed by atoms with Crippen LogP contribution in [0.25, 0.3) is 0 Å². The van der Waals surface area contributed by atoms with Gasteiger partial charge in [-0.1, -0.05) is 12.1 Å². The number of halogens is 1. The summed E-state index contributed by atoms with van der Waals surface area (Å²) in [5, 5.41) is 9.07. The number of benzene rings is 1. The molecule has 1 saturated heterocycles. The largest absolute Gasteiger partial charge is 0.393 e. The number of hydrogen-bond donors (Lipinski definition) is 1. The van der Waals surface area contributed by atoms with Crippen LogP contribution >= 0.6 is 0 Å². The first kappa shape index (κ1) is 13.6. The molecule has 2 aliphatic rings. The maximum absolute atomic E-state index is 14.1. The number of aryl methyl sites for hydroxylation is 1. The number of aliphatic hydroxyl groups excluding tert-OH is 1. The summed E-state index contributed by atoms with van der Waals surface area (Å²) in [7, 11) is 0. The van der Waals surface area contributed by atoms with E-state index in [1.165, 1.54) is 12.0 Å². The van der Waals surface area contributed by atoms with Gasteiger partial charge >= 0.3 is 0 Å². The second-order valence-corrected chi connectivity index (χ2v) is 5.94. The van der Waals surface area contributed by atoms with Gasteiger partial charge < -0.3 is 10.0 Å². The molecule has 1 N–H and O–H groups in total. The van der Waals surface area contributed by atoms with Crippen molar-refractivity contribution in [1.82, 2.24) is 4.90 Å². The average molecular weight is 277 g/mol. The van der Waals surface area contributed by atoms with Crippen LogP contribution in [-0.2, 0) is 12.8 Å². The van der Waals surface area contributed by atoms with E-state index in [1.54, 1.807) is 4.90 Å². The number of amides is 1. The highest BCUT2D eigenvalue weighted by Crippen LogP contribution is 2.29. The van der Waals surface area contributed by atoms with Crippen LogP contribution in [0.2, 0.25) is 0 Å². The van der Waals surface area contributed by atoms with E-state index in [0.717, 1.165) is 30.4 Å². The molecule has 0 spiro atoms. The number of hydrogen-bond acceptors (Lipinski definition) is 2. The predicted molar refractivity (Wildman–Crippen MR) is 74.5 cm³/mol. The van der Waals surface area contributed by atoms with E-state index in [9.17, 15) is 9.18 Å². The smallest absolute Gasteiger partial charge is 0.254 e. The third kappa shape index (κ3) is 2.33. The van der Waals surface area contributed by atoms with Crippen LogP contribution in [-0.4, -0.2) is 41.3 Å². The van der Waals surface area contributed by atoms with Gasteiger partial charge in [-0.05, 0) is 42.9 Å². The summed E-state index contributed by atoms with van der Waals surface area (Å²) < 4.78 is 14.1. The molecule has 0 aromatic heterocycles. The highest BCUT2D eigenvalue weighted by Gasteiger charge is 2.40. The SMILES string of the molecule is O=C(c1cccc2c1CCCC2)N1CCC(F)(CO)C1. The lowest BCUT2D eigenvalue weighted by Crippen LogP contribution is -2.36. The van der Waals surface area contributed by atoms with E-state index in [2.05, 4.69) is 6.07 Å². The molecule has 1 atom stereocenters. The molecule has 4 heteroatoms. The van der Waals surface area contributed by atoms with Gasteiger partial charge in [0.2, 0.25) is 0 Å². The standard InChI is InChI=1S/C16H20FNO2/c17-16(11-19)8-9-18(10-16)15(20)14-7-3-5-12-4-1-2-6-13(12)14/h3,5,7,19H,1-2,4,6,8-11H2. The van der Waals surface area contributed by atoms with E-state index in [4.69, 9.17) is 5.11 Å². The molecular formula is C16H20FNO2. The number of fused-ring (bicyclic) bond motifs is 1. The van der Waals surface area contributed by atoms with Gasteiger partial charge in [0.15, 0.2) is 5.67 Å². The van der Waals surface area contributed by atoms with E-state index < -0.39 is 12.3 Å². The van der Waals surface area contributed by atoms with Crippen molar-refractivity contribution in [3.63, 3.8) is 0 Å². The summed E-state index contributed by atoms with van der Waals surface area (Å²) in [6.45, 7) is -0.116. The Morgan fingerprint density at radius 2 is 2.15 bits per heavy atom. The van der Waals surface area contributed by atoms with Crippen LogP contribution in [0, 0.1) is 0 Å². The maximum Gasteiger partial charge on any atom is 0.254 e. The van der Waals surface area contributed by atoms with Crippen molar-refractivity contribution in [1.29, 1.82) is 0 Å². The van der Waals surface area contributed by atoms with Crippen molar-refractivity contribution in [3.05, 3.63) is 34.9 Å². The Bertz CT molecular complexity index is 531. The molecule has 3 rings (SSSR count). The van der Waals surface area contributed by atoms with Crippen molar-refractivity contribution in [2.45, 2.75) is 37.8 Å². The van der Waals surface area contributed by atoms with Gasteiger partial charge in [-0.2, -0.15) is 0 Å². The molecule has 20 heavy (non-hydrogen) atoms. The van der Waals surface area contributed by atoms with E-state index in [1.807, 2.05) is 12.1 Å². The van der Waals surface area contributed by atoms with Gasteiger partial charge in [0.25, 0.3) is 5.91 Å². The van der Waals surface area contributed by atoms with Crippen LogP contribution < -0.4 is 0 Å². The Hall–Kier alpha value is -1.42. The highest BCUT2D eigenvalue weighted by atomic mass is 19.1. The van der Waals surface area contributed by atoms with Crippen LogP contribution in [0.3, 0.4) is 0 Å². The van der Waals surface area contributed by atoms with Crippen molar-refractivity contribution in [2.24, 2.45) is 0 Å². The number of aliphatic hydroxyl groups is 1. The molecule has 1 aromatic carbocycles. The van der Waals surface area contributed by atoms with Gasteiger partial charge in [-0.3, -0.25) is 4.79 Å². The molecule has 0 saturated carbocycles. The van der Waals surface area contributed by atoms with E-state index in [-0.39, 0.29) is 18.9 Å². The molecule has 3 nitrogen and oxygen atoms in total. The van der Waals surface area contributed by atoms with E-state index in [0.29, 0.717) is 6.54 Å². The lowest BCUT2D eigenvalue weighted by Gasteiger charge is -2.23. The molecule has 1 unspecified atom stereocenters. The second-order valence-electron chi connectivity index (χ2n) is 5.94. The van der Waals surface area contributed by atoms with Gasteiger partial charge in [0.05, 0.1) is 13.2 Å². The summed E-state index contributed by atoms with van der Waals surface area (Å²) in [5.74, 6) is -0.0864. The van der Waals surface area contributed by atoms with Gasteiger partial charge in [-0.15, -0.1) is 0 Å². The molecule has 1 heterocycles. The zero-order valence-corrected chi connectivity index (χ0v) is 11.6. The topological polar surface area (TPSA) is 40.5 Å². The molecular weight excluding hydrogens is 257 g/mol. The summed E-state index contributed by atoms with van der Waals surface area (Å²) in [6.07, 6.45) is 4.48. The quantitative estimate of drug-likeness (QED) is 0.899. The number of likely N-dealkylation sites (tertiary alicyclic amines) is 1. The second kappa shape index (κ2) is 5.17. The van der Waals surface area contributed by atoms with E-state index >= 15 is 0 Å². The fraction of sp³-hybridized carbons (Fsp3) is 0.562. The monoisotopic (exact) mass is 277 g/mol. The minimum absolute atomic E-state index is 0.00595. The molecule has 1 aliphatic carbocycles. The van der Waals surface area contributed by atoms with Crippen molar-refractivity contribution in [3.8, 4) is 0 Å². The Balaban J connectivity index is 1.85. The normalized spacial score (nSPS) is 25.6. The van der Waals surface area contributed by atoms with Crippen LogP contribution in [0.1, 0.15) is 40.7 Å². The first-order valence-electron chi connectivity index (χ1n) is 7.33. The first-order chi connectivity index (χ1) is 9.63. The van der Waals surface area contributed by atoms with Gasteiger partial charge in [0.1, 0.15) is 0 Å². The predicted octanol–water partition coefficient (Wildman–Crippen LogP) is 2.11. The highest BCUT2D eigenvalue weighted by molar-refractivity contribution is 5.96. The summed E-state index contributed by atoms with van der Waals surface area (Å²) in [4.78, 5) is 14.1. The van der Waals surface area contributed by atoms with Crippen LogP contribution in [0.4, 0.5) is 4.39 Å². The fourth-order valence-corrected chi connectivity index (χ4v) is 3.29. The van der Waals surface area contributed by atoms with Gasteiger partial charge in [-0.25, -0.2) is 4.39 Å². The van der Waals surface area contributed by atoms with Crippen molar-refractivity contribution < 1.29 is 14.3 Å². The molecule has 108 valence electrons. The Kier molecular flexibility index (Phi) is 3.50. The Morgan fingerprint density at radius 3 is 2.90 bits per heavy atom. The number of nitrogens with zero attached hydrogens (tertiary/aromatic N) is 1. The zero-order chi connectivity index (χ0) is 14.2. The molecule has 1 fully saturated rings. The Labute approximate surface area is 118 Å². The van der Waals surface area contributed by atoms with Crippen LogP contribution in [0.5, 0.6) is 0 Å². The Morgan fingerprint density at radius 1 is 1.35 bits per heavy atom. The lowest BCUT2D eigenvalue weighted by molar-refractivity contribution is 0.0630.